The third-order valence-corrected chi connectivity index (χ3v) is 6.83. The lowest BCUT2D eigenvalue weighted by molar-refractivity contribution is 0.0153. The topological polar surface area (TPSA) is 9.23 Å². The van der Waals surface area contributed by atoms with Crippen molar-refractivity contribution in [3.8, 4) is 0 Å². The number of hydrogen-bond donors (Lipinski definition) is 0. The number of ether oxygens (including phenoxy) is 1. The Morgan fingerprint density at radius 2 is 1.82 bits per heavy atom. The molecule has 0 aromatic heterocycles. The molecule has 1 heterocycles. The van der Waals surface area contributed by atoms with E-state index in [2.05, 4.69) is 18.7 Å². The standard InChI is InChI=1S/C15H26OS/c1-2-9-16-11-7-8-13-12-5-3-4-6-14(12)17-15(13)10-11/h11-15H,2-10H2,1H3. The minimum atomic E-state index is 0.587. The van der Waals surface area contributed by atoms with Crippen LogP contribution in [0.2, 0.25) is 0 Å². The van der Waals surface area contributed by atoms with Crippen molar-refractivity contribution in [2.45, 2.75) is 74.9 Å². The van der Waals surface area contributed by atoms with Crippen LogP contribution in [0.1, 0.15) is 58.3 Å². The van der Waals surface area contributed by atoms with E-state index in [0.717, 1.165) is 28.9 Å². The predicted octanol–water partition coefficient (Wildman–Crippen LogP) is 4.26. The van der Waals surface area contributed by atoms with Crippen molar-refractivity contribution in [2.24, 2.45) is 11.8 Å². The molecule has 0 aromatic rings. The van der Waals surface area contributed by atoms with Crippen LogP contribution in [0.15, 0.2) is 0 Å². The lowest BCUT2D eigenvalue weighted by atomic mass is 9.73. The second kappa shape index (κ2) is 5.52. The first kappa shape index (κ1) is 12.3. The van der Waals surface area contributed by atoms with Crippen molar-refractivity contribution in [1.29, 1.82) is 0 Å². The molecule has 2 heteroatoms. The number of rotatable bonds is 3. The van der Waals surface area contributed by atoms with Crippen molar-refractivity contribution in [1.82, 2.24) is 0 Å². The fourth-order valence-electron chi connectivity index (χ4n) is 4.21. The van der Waals surface area contributed by atoms with E-state index >= 15 is 0 Å². The zero-order valence-corrected chi connectivity index (χ0v) is 11.9. The Balaban J connectivity index is 1.57. The molecule has 98 valence electrons. The smallest absolute Gasteiger partial charge is 0.0585 e. The zero-order chi connectivity index (χ0) is 11.7. The summed E-state index contributed by atoms with van der Waals surface area (Å²) in [4.78, 5) is 0. The molecule has 5 unspecified atom stereocenters. The van der Waals surface area contributed by atoms with E-state index in [0.29, 0.717) is 6.10 Å². The molecule has 0 aromatic carbocycles. The molecule has 3 rings (SSSR count). The van der Waals surface area contributed by atoms with E-state index in [-0.39, 0.29) is 0 Å². The first-order valence-corrected chi connectivity index (χ1v) is 8.60. The highest BCUT2D eigenvalue weighted by atomic mass is 32.2. The molecule has 0 amide bonds. The molecule has 1 nitrogen and oxygen atoms in total. The van der Waals surface area contributed by atoms with Crippen LogP contribution in [-0.4, -0.2) is 23.2 Å². The van der Waals surface area contributed by atoms with E-state index in [9.17, 15) is 0 Å². The van der Waals surface area contributed by atoms with Crippen molar-refractivity contribution in [3.05, 3.63) is 0 Å². The van der Waals surface area contributed by atoms with Gasteiger partial charge in [0.25, 0.3) is 0 Å². The Kier molecular flexibility index (Phi) is 4.01. The minimum Gasteiger partial charge on any atom is -0.378 e. The van der Waals surface area contributed by atoms with Gasteiger partial charge in [0.2, 0.25) is 0 Å². The number of fused-ring (bicyclic) bond motifs is 3. The number of thioether (sulfide) groups is 1. The normalized spacial score (nSPS) is 45.4. The fraction of sp³-hybridized carbons (Fsp3) is 1.00. The maximum atomic E-state index is 5.98. The average Bonchev–Trinajstić information content (AvgIpc) is 2.74. The maximum absolute atomic E-state index is 5.98. The van der Waals surface area contributed by atoms with Gasteiger partial charge in [-0.25, -0.2) is 0 Å². The summed E-state index contributed by atoms with van der Waals surface area (Å²) in [7, 11) is 0. The highest BCUT2D eigenvalue weighted by Crippen LogP contribution is 2.54. The van der Waals surface area contributed by atoms with Crippen LogP contribution in [0.4, 0.5) is 0 Å². The summed E-state index contributed by atoms with van der Waals surface area (Å²) in [6.45, 7) is 3.18. The molecular formula is C15H26OS. The molecule has 3 aliphatic rings. The summed E-state index contributed by atoms with van der Waals surface area (Å²) in [6, 6.07) is 0. The second-order valence-corrected chi connectivity index (χ2v) is 7.61. The van der Waals surface area contributed by atoms with Gasteiger partial charge in [0.05, 0.1) is 6.10 Å². The van der Waals surface area contributed by atoms with E-state index in [4.69, 9.17) is 4.74 Å². The summed E-state index contributed by atoms with van der Waals surface area (Å²) in [5.74, 6) is 2.12. The maximum Gasteiger partial charge on any atom is 0.0585 e. The van der Waals surface area contributed by atoms with Gasteiger partial charge in [0, 0.05) is 17.1 Å². The van der Waals surface area contributed by atoms with Crippen molar-refractivity contribution < 1.29 is 4.74 Å². The molecule has 2 aliphatic carbocycles. The van der Waals surface area contributed by atoms with Crippen LogP contribution in [0.3, 0.4) is 0 Å². The highest BCUT2D eigenvalue weighted by molar-refractivity contribution is 8.00. The summed E-state index contributed by atoms with van der Waals surface area (Å²) < 4.78 is 5.98. The molecule has 0 spiro atoms. The Morgan fingerprint density at radius 3 is 2.71 bits per heavy atom. The van der Waals surface area contributed by atoms with Gasteiger partial charge in [0.15, 0.2) is 0 Å². The SMILES string of the molecule is CCCOC1CCC2C(C1)SC1CCCCC12. The van der Waals surface area contributed by atoms with Crippen molar-refractivity contribution in [2.75, 3.05) is 6.61 Å². The van der Waals surface area contributed by atoms with Gasteiger partial charge < -0.3 is 4.74 Å². The Bertz CT molecular complexity index is 255. The van der Waals surface area contributed by atoms with Crippen LogP contribution in [0, 0.1) is 11.8 Å². The Labute approximate surface area is 110 Å². The lowest BCUT2D eigenvalue weighted by Gasteiger charge is -2.34. The van der Waals surface area contributed by atoms with Gasteiger partial charge in [-0.05, 0) is 50.4 Å². The van der Waals surface area contributed by atoms with Crippen molar-refractivity contribution >= 4 is 11.8 Å². The molecule has 17 heavy (non-hydrogen) atoms. The van der Waals surface area contributed by atoms with E-state index < -0.39 is 0 Å². The second-order valence-electron chi connectivity index (χ2n) is 6.13. The minimum absolute atomic E-state index is 0.587. The monoisotopic (exact) mass is 254 g/mol. The van der Waals surface area contributed by atoms with E-state index in [1.165, 1.54) is 51.4 Å². The number of hydrogen-bond acceptors (Lipinski definition) is 2. The molecule has 0 bridgehead atoms. The van der Waals surface area contributed by atoms with Gasteiger partial charge in [-0.1, -0.05) is 19.8 Å². The average molecular weight is 254 g/mol. The summed E-state index contributed by atoms with van der Waals surface area (Å²) >= 11 is 2.34. The third-order valence-electron chi connectivity index (χ3n) is 5.01. The molecule has 1 saturated heterocycles. The molecule has 0 N–H and O–H groups in total. The molecule has 5 atom stereocenters. The quantitative estimate of drug-likeness (QED) is 0.744. The first-order valence-electron chi connectivity index (χ1n) is 7.65. The van der Waals surface area contributed by atoms with Gasteiger partial charge in [-0.3, -0.25) is 0 Å². The summed E-state index contributed by atoms with van der Waals surface area (Å²) in [6.07, 6.45) is 11.9. The molecule has 1 aliphatic heterocycles. The van der Waals surface area contributed by atoms with Crippen LogP contribution in [0.25, 0.3) is 0 Å². The fourth-order valence-corrected chi connectivity index (χ4v) is 6.36. The highest BCUT2D eigenvalue weighted by Gasteiger charge is 2.46. The molecular weight excluding hydrogens is 228 g/mol. The molecule has 2 saturated carbocycles. The van der Waals surface area contributed by atoms with Crippen LogP contribution < -0.4 is 0 Å². The Morgan fingerprint density at radius 1 is 1.00 bits per heavy atom. The van der Waals surface area contributed by atoms with Crippen molar-refractivity contribution in [3.63, 3.8) is 0 Å². The van der Waals surface area contributed by atoms with Gasteiger partial charge >= 0.3 is 0 Å². The third kappa shape index (κ3) is 2.53. The molecule has 3 fully saturated rings. The van der Waals surface area contributed by atoms with E-state index in [1.807, 2.05) is 0 Å². The van der Waals surface area contributed by atoms with E-state index in [1.54, 1.807) is 0 Å². The molecule has 0 radical (unpaired) electrons. The summed E-state index contributed by atoms with van der Waals surface area (Å²) in [5.41, 5.74) is 0. The van der Waals surface area contributed by atoms with Crippen LogP contribution >= 0.6 is 11.8 Å². The van der Waals surface area contributed by atoms with Crippen LogP contribution in [0.5, 0.6) is 0 Å². The Hall–Kier alpha value is 0.310. The predicted molar refractivity (Wildman–Crippen MR) is 74.5 cm³/mol. The summed E-state index contributed by atoms with van der Waals surface area (Å²) in [5, 5.41) is 1.96. The van der Waals surface area contributed by atoms with Gasteiger partial charge in [-0.2, -0.15) is 11.8 Å². The zero-order valence-electron chi connectivity index (χ0n) is 11.1. The van der Waals surface area contributed by atoms with Gasteiger partial charge in [0.1, 0.15) is 0 Å². The largest absolute Gasteiger partial charge is 0.378 e. The lowest BCUT2D eigenvalue weighted by Crippen LogP contribution is -2.33. The van der Waals surface area contributed by atoms with Crippen LogP contribution in [-0.2, 0) is 4.74 Å². The van der Waals surface area contributed by atoms with Gasteiger partial charge in [-0.15, -0.1) is 0 Å². The first-order chi connectivity index (χ1) is 8.38.